The zero-order valence-corrected chi connectivity index (χ0v) is 9.77. The molecule has 0 aliphatic heterocycles. The van der Waals surface area contributed by atoms with E-state index in [1.807, 2.05) is 0 Å². The molecular formula is C5H3FeN6Na. The maximum atomic E-state index is 6.25. The summed E-state index contributed by atoms with van der Waals surface area (Å²) in [5, 5.41) is 31.2. The molecule has 0 aromatic rings. The zero-order chi connectivity index (χ0) is 10.0. The maximum Gasteiger partial charge on any atom is 6.00 e. The van der Waals surface area contributed by atoms with E-state index in [0.717, 1.165) is 0 Å². The van der Waals surface area contributed by atoms with Gasteiger partial charge in [0.2, 0.25) is 0 Å². The van der Waals surface area contributed by atoms with Gasteiger partial charge in [-0.15, -0.1) is 0 Å². The first kappa shape index (κ1) is 92.3. The fraction of sp³-hybridized carbons (Fsp3) is 0. The van der Waals surface area contributed by atoms with E-state index >= 15 is 0 Å². The number of nitrogens with zero attached hydrogens (tertiary/aromatic N) is 5. The van der Waals surface area contributed by atoms with E-state index in [4.69, 9.17) is 59.2 Å². The Labute approximate surface area is 113 Å². The minimum atomic E-state index is 0. The largest absolute Gasteiger partial charge is 6.00 e. The van der Waals surface area contributed by atoms with Gasteiger partial charge in [-0.3, -0.25) is 0 Å². The summed E-state index contributed by atoms with van der Waals surface area (Å²) < 4.78 is 0. The van der Waals surface area contributed by atoms with E-state index in [9.17, 15) is 0 Å². The quantitative estimate of drug-likeness (QED) is 0.356. The van der Waals surface area contributed by atoms with Gasteiger partial charge in [-0.05, 0) is 0 Å². The van der Waals surface area contributed by atoms with Crippen LogP contribution in [0.25, 0.3) is 6.15 Å². The van der Waals surface area contributed by atoms with Crippen LogP contribution in [0.3, 0.4) is 0 Å². The third-order valence-corrected chi connectivity index (χ3v) is 0. The van der Waals surface area contributed by atoms with Crippen molar-refractivity contribution >= 4 is 0 Å². The minimum Gasteiger partial charge on any atom is -1.00 e. The molecule has 0 bridgehead atoms. The zero-order valence-electron chi connectivity index (χ0n) is 7.67. The predicted molar refractivity (Wildman–Crippen MR) is 31.2 cm³/mol. The first-order chi connectivity index (χ1) is 5.00. The normalized spacial score (nSPS) is 0.769. The van der Waals surface area contributed by atoms with E-state index in [1.54, 1.807) is 0 Å². The van der Waals surface area contributed by atoms with Crippen LogP contribution in [-0.4, -0.2) is 0 Å². The Hall–Kier alpha value is -1.07. The molecule has 0 atom stereocenters. The van der Waals surface area contributed by atoms with Crippen molar-refractivity contribution in [2.24, 2.45) is 0 Å². The Morgan fingerprint density at radius 3 is 0.538 bits per heavy atom. The van der Waals surface area contributed by atoms with Crippen LogP contribution in [-0.2, 0) is 17.1 Å². The van der Waals surface area contributed by atoms with Crippen LogP contribution in [0.15, 0.2) is 0 Å². The van der Waals surface area contributed by atoms with Crippen molar-refractivity contribution in [3.05, 3.63) is 39.0 Å². The van der Waals surface area contributed by atoms with Crippen molar-refractivity contribution in [3.8, 4) is 0 Å². The molecule has 0 aromatic carbocycles. The molecule has 0 rings (SSSR count). The Kier molecular flexibility index (Phi) is 6680. The third-order valence-electron chi connectivity index (χ3n) is 0. The van der Waals surface area contributed by atoms with Gasteiger partial charge in [-0.1, -0.05) is 0 Å². The van der Waals surface area contributed by atoms with Crippen molar-refractivity contribution in [1.82, 2.24) is 0 Å². The van der Waals surface area contributed by atoms with Crippen LogP contribution in [0.2, 0.25) is 0 Å². The van der Waals surface area contributed by atoms with E-state index in [0.29, 0.717) is 0 Å². The molecule has 0 saturated carbocycles. The smallest absolute Gasteiger partial charge is 1.00 e. The summed E-state index contributed by atoms with van der Waals surface area (Å²) in [5.74, 6) is 0. The Balaban J connectivity index is -0.00000000298. The molecule has 2 N–H and O–H groups in total. The Morgan fingerprint density at radius 2 is 0.538 bits per heavy atom. The molecule has 8 heteroatoms. The molecule has 0 unspecified atom stereocenters. The van der Waals surface area contributed by atoms with Gasteiger partial charge in [0.1, 0.15) is 0 Å². The van der Waals surface area contributed by atoms with Gasteiger partial charge in [0.25, 0.3) is 0 Å². The maximum absolute atomic E-state index is 6.25. The van der Waals surface area contributed by atoms with Crippen LogP contribution in [0.4, 0.5) is 0 Å². The summed E-state index contributed by atoms with van der Waals surface area (Å²) >= 11 is 0. The fourth-order valence-corrected chi connectivity index (χ4v) is 0. The number of nitrogens with two attached hydrogens (primary N) is 1. The average molecular weight is 226 g/mol. The molecule has 62 valence electrons. The van der Waals surface area contributed by atoms with Gasteiger partial charge in [-0.25, -0.2) is 0 Å². The molecule has 0 spiro atoms. The Bertz CT molecular complexity index is 84.8. The topological polar surface area (TPSA) is 152 Å². The van der Waals surface area contributed by atoms with Crippen molar-refractivity contribution in [3.63, 3.8) is 0 Å². The van der Waals surface area contributed by atoms with Crippen LogP contribution in [0, 0.1) is 59.2 Å². The van der Waals surface area contributed by atoms with Crippen molar-refractivity contribution < 1.29 is 48.1 Å². The summed E-state index contributed by atoms with van der Waals surface area (Å²) in [6.07, 6.45) is 0. The summed E-state index contributed by atoms with van der Waals surface area (Å²) in [7, 11) is 0. The molecule has 0 aliphatic carbocycles. The second-order valence-electron chi connectivity index (χ2n) is 0. The van der Waals surface area contributed by atoms with Gasteiger partial charge in [0, 0.05) is 0 Å². The standard InChI is InChI=1S/5CN.Fe.H2N.Na.H/c5*1-2;;;;/h;;;;;;1H2;;/q5*-1;+6;-1;+1;-1. The SMILES string of the molecule is [C-]#N.[C-]#N.[C-]#N.[C-]#N.[C-]#N.[Fe+6].[H-].[NH2-].[Na+]. The molecule has 0 aromatic heterocycles. The van der Waals surface area contributed by atoms with Crippen molar-refractivity contribution in [1.29, 1.82) is 26.3 Å². The van der Waals surface area contributed by atoms with Crippen LogP contribution < -0.4 is 29.6 Å². The molecule has 0 saturated heterocycles. The van der Waals surface area contributed by atoms with Crippen LogP contribution in [0.5, 0.6) is 0 Å². The molecule has 6 nitrogen and oxygen atoms in total. The second kappa shape index (κ2) is 940. The Morgan fingerprint density at radius 1 is 0.538 bits per heavy atom. The first-order valence-electron chi connectivity index (χ1n) is 1.12. The summed E-state index contributed by atoms with van der Waals surface area (Å²) in [6.45, 7) is 23.8. The van der Waals surface area contributed by atoms with Crippen molar-refractivity contribution in [2.75, 3.05) is 0 Å². The molecule has 0 aliphatic rings. The van der Waals surface area contributed by atoms with E-state index in [1.165, 1.54) is 0 Å². The molecule has 0 radical (unpaired) electrons. The predicted octanol–water partition coefficient (Wildman–Crippen LogP) is -1.69. The van der Waals surface area contributed by atoms with Gasteiger partial charge >= 0.3 is 46.6 Å². The van der Waals surface area contributed by atoms with Gasteiger partial charge in [0.15, 0.2) is 0 Å². The second-order valence-corrected chi connectivity index (χ2v) is 0. The monoisotopic (exact) mass is 226 g/mol. The van der Waals surface area contributed by atoms with Gasteiger partial charge in [-0.2, -0.15) is 0 Å². The van der Waals surface area contributed by atoms with E-state index in [-0.39, 0.29) is 54.2 Å². The van der Waals surface area contributed by atoms with Crippen molar-refractivity contribution in [2.45, 2.75) is 0 Å². The molecule has 0 fully saturated rings. The van der Waals surface area contributed by atoms with Crippen LogP contribution in [0.1, 0.15) is 1.43 Å². The van der Waals surface area contributed by atoms with Gasteiger partial charge in [0.05, 0.1) is 0 Å². The third kappa shape index (κ3) is 760. The van der Waals surface area contributed by atoms with Gasteiger partial charge < -0.3 is 66.7 Å². The number of rotatable bonds is 0. The van der Waals surface area contributed by atoms with E-state index in [2.05, 4.69) is 0 Å². The number of hydrogen-bond donors (Lipinski definition) is 0. The minimum absolute atomic E-state index is 0. The molecule has 0 amide bonds. The number of hydrogen-bond acceptors (Lipinski definition) is 5. The fourth-order valence-electron chi connectivity index (χ4n) is 0. The van der Waals surface area contributed by atoms with E-state index < -0.39 is 0 Å². The average Bonchev–Trinajstić information content (AvgIpc) is 2.20. The first-order valence-corrected chi connectivity index (χ1v) is 1.12. The molecular weight excluding hydrogens is 223 g/mol. The summed E-state index contributed by atoms with van der Waals surface area (Å²) in [5.41, 5.74) is 0. The summed E-state index contributed by atoms with van der Waals surface area (Å²) in [4.78, 5) is 0. The summed E-state index contributed by atoms with van der Waals surface area (Å²) in [6, 6.07) is 0. The molecule has 13 heavy (non-hydrogen) atoms. The van der Waals surface area contributed by atoms with Crippen LogP contribution >= 0.6 is 0 Å². The molecule has 0 heterocycles.